The van der Waals surface area contributed by atoms with Crippen LogP contribution in [0, 0.1) is 11.7 Å². The summed E-state index contributed by atoms with van der Waals surface area (Å²) in [4.78, 5) is 25.4. The van der Waals surface area contributed by atoms with Crippen LogP contribution in [0.1, 0.15) is 29.9 Å². The molecule has 0 radical (unpaired) electrons. The molecule has 2 aromatic rings. The van der Waals surface area contributed by atoms with Crippen LogP contribution < -0.4 is 10.6 Å². The van der Waals surface area contributed by atoms with Crippen molar-refractivity contribution in [1.82, 2.24) is 0 Å². The van der Waals surface area contributed by atoms with E-state index in [9.17, 15) is 27.2 Å². The molecule has 1 aliphatic carbocycles. The number of halogens is 4. The number of alkyl halides is 3. The van der Waals surface area contributed by atoms with Crippen molar-refractivity contribution in [2.45, 2.75) is 24.9 Å². The van der Waals surface area contributed by atoms with Gasteiger partial charge in [-0.1, -0.05) is 12.1 Å². The Labute approximate surface area is 158 Å². The lowest BCUT2D eigenvalue weighted by molar-refractivity contribution is -0.137. The SMILES string of the molecule is NC(=O)CCN(C(=O)C1CC1c1ccc(C(F)(F)F)cc1)c1ccc(F)cc1. The Morgan fingerprint density at radius 3 is 2.18 bits per heavy atom. The number of carbonyl (C=O) groups is 2. The molecule has 1 fully saturated rings. The van der Waals surface area contributed by atoms with E-state index >= 15 is 0 Å². The molecule has 4 nitrogen and oxygen atoms in total. The zero-order valence-electron chi connectivity index (χ0n) is 14.7. The maximum absolute atomic E-state index is 13.2. The van der Waals surface area contributed by atoms with E-state index < -0.39 is 29.4 Å². The van der Waals surface area contributed by atoms with Crippen LogP contribution in [-0.2, 0) is 15.8 Å². The minimum absolute atomic E-state index is 0.0516. The number of carbonyl (C=O) groups excluding carboxylic acids is 2. The summed E-state index contributed by atoms with van der Waals surface area (Å²) in [5, 5.41) is 0. The second kappa shape index (κ2) is 7.61. The van der Waals surface area contributed by atoms with Crippen LogP contribution in [0.3, 0.4) is 0 Å². The number of primary amides is 1. The lowest BCUT2D eigenvalue weighted by Gasteiger charge is -2.22. The second-order valence-corrected chi connectivity index (χ2v) is 6.75. The van der Waals surface area contributed by atoms with Crippen molar-refractivity contribution in [2.75, 3.05) is 11.4 Å². The fourth-order valence-corrected chi connectivity index (χ4v) is 3.17. The average Bonchev–Trinajstić information content (AvgIpc) is 3.43. The van der Waals surface area contributed by atoms with Crippen molar-refractivity contribution in [2.24, 2.45) is 11.7 Å². The Kier molecular flexibility index (Phi) is 5.40. The van der Waals surface area contributed by atoms with Gasteiger partial charge in [0.1, 0.15) is 5.82 Å². The van der Waals surface area contributed by atoms with Crippen molar-refractivity contribution >= 4 is 17.5 Å². The van der Waals surface area contributed by atoms with Gasteiger partial charge < -0.3 is 10.6 Å². The molecule has 2 amide bonds. The first kappa shape index (κ1) is 19.9. The fourth-order valence-electron chi connectivity index (χ4n) is 3.17. The summed E-state index contributed by atoms with van der Waals surface area (Å²) in [6.07, 6.45) is -3.97. The molecule has 2 aromatic carbocycles. The van der Waals surface area contributed by atoms with Gasteiger partial charge in [0.2, 0.25) is 11.8 Å². The van der Waals surface area contributed by atoms with E-state index in [0.717, 1.165) is 12.1 Å². The molecule has 148 valence electrons. The first-order chi connectivity index (χ1) is 13.2. The summed E-state index contributed by atoms with van der Waals surface area (Å²) in [7, 11) is 0. The van der Waals surface area contributed by atoms with Gasteiger partial charge in [0.25, 0.3) is 0 Å². The van der Waals surface area contributed by atoms with Crippen LogP contribution in [0.2, 0.25) is 0 Å². The quantitative estimate of drug-likeness (QED) is 0.757. The van der Waals surface area contributed by atoms with Crippen LogP contribution in [0.5, 0.6) is 0 Å². The fraction of sp³-hybridized carbons (Fsp3) is 0.300. The van der Waals surface area contributed by atoms with E-state index in [4.69, 9.17) is 5.73 Å². The van der Waals surface area contributed by atoms with Gasteiger partial charge in [-0.3, -0.25) is 9.59 Å². The van der Waals surface area contributed by atoms with Gasteiger partial charge in [0.15, 0.2) is 0 Å². The normalized spacial score (nSPS) is 18.6. The van der Waals surface area contributed by atoms with E-state index in [1.165, 1.54) is 41.3 Å². The van der Waals surface area contributed by atoms with Crippen LogP contribution >= 0.6 is 0 Å². The summed E-state index contributed by atoms with van der Waals surface area (Å²) in [6.45, 7) is 0.0516. The van der Waals surface area contributed by atoms with Crippen LogP contribution in [0.4, 0.5) is 23.2 Å². The molecule has 8 heteroatoms. The lowest BCUT2D eigenvalue weighted by Crippen LogP contribution is -2.35. The second-order valence-electron chi connectivity index (χ2n) is 6.75. The van der Waals surface area contributed by atoms with E-state index in [1.807, 2.05) is 0 Å². The molecule has 1 saturated carbocycles. The first-order valence-electron chi connectivity index (χ1n) is 8.69. The smallest absolute Gasteiger partial charge is 0.370 e. The molecule has 2 atom stereocenters. The van der Waals surface area contributed by atoms with Gasteiger partial charge in [-0.25, -0.2) is 4.39 Å². The molecule has 0 heterocycles. The summed E-state index contributed by atoms with van der Waals surface area (Å²) in [5.74, 6) is -1.89. The molecule has 28 heavy (non-hydrogen) atoms. The molecular weight excluding hydrogens is 376 g/mol. The molecule has 2 N–H and O–H groups in total. The largest absolute Gasteiger partial charge is 0.416 e. The van der Waals surface area contributed by atoms with Gasteiger partial charge in [-0.05, 0) is 54.3 Å². The van der Waals surface area contributed by atoms with Crippen LogP contribution in [0.15, 0.2) is 48.5 Å². The highest BCUT2D eigenvalue weighted by Gasteiger charge is 2.46. The molecule has 3 rings (SSSR count). The van der Waals surface area contributed by atoms with Crippen molar-refractivity contribution in [3.8, 4) is 0 Å². The third-order valence-corrected chi connectivity index (χ3v) is 4.76. The Morgan fingerprint density at radius 2 is 1.64 bits per heavy atom. The number of anilines is 1. The maximum atomic E-state index is 13.2. The highest BCUT2D eigenvalue weighted by Crippen LogP contribution is 2.49. The summed E-state index contributed by atoms with van der Waals surface area (Å²) in [5.41, 5.74) is 5.52. The number of nitrogens with two attached hydrogens (primary N) is 1. The molecular formula is C20H18F4N2O2. The minimum Gasteiger partial charge on any atom is -0.370 e. The molecule has 0 spiro atoms. The summed E-state index contributed by atoms with van der Waals surface area (Å²) >= 11 is 0. The summed E-state index contributed by atoms with van der Waals surface area (Å²) < 4.78 is 51.2. The van der Waals surface area contributed by atoms with E-state index in [1.54, 1.807) is 0 Å². The highest BCUT2D eigenvalue weighted by molar-refractivity contribution is 5.98. The molecule has 0 aromatic heterocycles. The zero-order chi connectivity index (χ0) is 20.5. The Bertz CT molecular complexity index is 863. The highest BCUT2D eigenvalue weighted by atomic mass is 19.4. The molecule has 1 aliphatic rings. The third-order valence-electron chi connectivity index (χ3n) is 4.76. The Hall–Kier alpha value is -2.90. The molecule has 0 bridgehead atoms. The van der Waals surface area contributed by atoms with Crippen molar-refractivity contribution < 1.29 is 27.2 Å². The average molecular weight is 394 g/mol. The maximum Gasteiger partial charge on any atom is 0.416 e. The topological polar surface area (TPSA) is 63.4 Å². The van der Waals surface area contributed by atoms with Gasteiger partial charge in [0, 0.05) is 24.6 Å². The van der Waals surface area contributed by atoms with Crippen molar-refractivity contribution in [1.29, 1.82) is 0 Å². The number of nitrogens with zero attached hydrogens (tertiary/aromatic N) is 1. The molecule has 0 aliphatic heterocycles. The predicted octanol–water partition coefficient (Wildman–Crippen LogP) is 3.86. The minimum atomic E-state index is -4.41. The monoisotopic (exact) mass is 394 g/mol. The number of hydrogen-bond acceptors (Lipinski definition) is 2. The van der Waals surface area contributed by atoms with E-state index in [2.05, 4.69) is 0 Å². The number of amides is 2. The number of rotatable bonds is 6. The van der Waals surface area contributed by atoms with E-state index in [0.29, 0.717) is 17.7 Å². The summed E-state index contributed by atoms with van der Waals surface area (Å²) in [6, 6.07) is 10.0. The van der Waals surface area contributed by atoms with E-state index in [-0.39, 0.29) is 24.8 Å². The standard InChI is InChI=1S/C20H18F4N2O2/c21-14-5-7-15(8-6-14)26(10-9-18(25)27)19(28)17-11-16(17)12-1-3-13(4-2-12)20(22,23)24/h1-8,16-17H,9-11H2,(H2,25,27). The van der Waals surface area contributed by atoms with Crippen LogP contribution in [0.25, 0.3) is 0 Å². The third kappa shape index (κ3) is 4.49. The Balaban J connectivity index is 1.75. The van der Waals surface area contributed by atoms with Crippen molar-refractivity contribution in [3.05, 3.63) is 65.5 Å². The van der Waals surface area contributed by atoms with Crippen molar-refractivity contribution in [3.63, 3.8) is 0 Å². The van der Waals surface area contributed by atoms with Gasteiger partial charge in [-0.2, -0.15) is 13.2 Å². The van der Waals surface area contributed by atoms with Gasteiger partial charge in [-0.15, -0.1) is 0 Å². The van der Waals surface area contributed by atoms with Gasteiger partial charge in [0.05, 0.1) is 5.56 Å². The number of hydrogen-bond donors (Lipinski definition) is 1. The van der Waals surface area contributed by atoms with Crippen LogP contribution in [-0.4, -0.2) is 18.4 Å². The predicted molar refractivity (Wildman–Crippen MR) is 94.9 cm³/mol. The first-order valence-corrected chi connectivity index (χ1v) is 8.69. The molecule has 2 unspecified atom stereocenters. The lowest BCUT2D eigenvalue weighted by atomic mass is 10.1. The molecule has 0 saturated heterocycles. The number of benzene rings is 2. The zero-order valence-corrected chi connectivity index (χ0v) is 14.7. The van der Waals surface area contributed by atoms with Gasteiger partial charge >= 0.3 is 6.18 Å². The Morgan fingerprint density at radius 1 is 1.04 bits per heavy atom.